The zero-order valence-corrected chi connectivity index (χ0v) is 7.26. The summed E-state index contributed by atoms with van der Waals surface area (Å²) in [6.07, 6.45) is -8.94. The first-order valence-corrected chi connectivity index (χ1v) is 3.67. The Labute approximate surface area is 73.5 Å². The number of carbonyl (C=O) groups excluding carboxylic acids is 1. The van der Waals surface area contributed by atoms with Crippen molar-refractivity contribution in [3.8, 4) is 0 Å². The van der Waals surface area contributed by atoms with Crippen LogP contribution in [-0.2, 0) is 9.53 Å². The minimum Gasteiger partial charge on any atom is -0.463 e. The summed E-state index contributed by atoms with van der Waals surface area (Å²) < 4.78 is 39.5. The lowest BCUT2D eigenvalue weighted by atomic mass is 10.2. The molecule has 0 saturated carbocycles. The molecule has 0 fully saturated rings. The number of aliphatic hydroxyl groups excluding tert-OH is 1. The monoisotopic (exact) mass is 200 g/mol. The summed E-state index contributed by atoms with van der Waals surface area (Å²) in [5, 5.41) is 8.44. The van der Waals surface area contributed by atoms with Gasteiger partial charge in [-0.1, -0.05) is 0 Å². The van der Waals surface area contributed by atoms with Gasteiger partial charge in [-0.15, -0.1) is 0 Å². The van der Waals surface area contributed by atoms with Gasteiger partial charge in [0, 0.05) is 0 Å². The lowest BCUT2D eigenvalue weighted by molar-refractivity contribution is -0.210. The zero-order chi connectivity index (χ0) is 10.6. The van der Waals surface area contributed by atoms with Crippen LogP contribution in [0.5, 0.6) is 0 Å². The maximum absolute atomic E-state index is 11.7. The summed E-state index contributed by atoms with van der Waals surface area (Å²) in [6, 6.07) is 0. The van der Waals surface area contributed by atoms with E-state index in [4.69, 9.17) is 5.11 Å². The Balaban J connectivity index is 3.93. The summed E-state index contributed by atoms with van der Waals surface area (Å²) in [5.41, 5.74) is 0. The van der Waals surface area contributed by atoms with Crippen molar-refractivity contribution in [3.05, 3.63) is 0 Å². The predicted octanol–water partition coefficient (Wildman–Crippen LogP) is 1.25. The van der Waals surface area contributed by atoms with E-state index in [-0.39, 0.29) is 0 Å². The number of halogens is 3. The normalized spacial score (nSPS) is 14.4. The maximum Gasteiger partial charge on any atom is 0.414 e. The van der Waals surface area contributed by atoms with Crippen LogP contribution in [0.3, 0.4) is 0 Å². The van der Waals surface area contributed by atoms with Crippen molar-refractivity contribution < 1.29 is 27.8 Å². The highest BCUT2D eigenvalue weighted by Crippen LogP contribution is 2.22. The van der Waals surface area contributed by atoms with Crippen LogP contribution in [0.4, 0.5) is 13.2 Å². The molecular formula is C7H11F3O3. The fourth-order valence-electron chi connectivity index (χ4n) is 0.585. The van der Waals surface area contributed by atoms with Crippen molar-refractivity contribution in [2.45, 2.75) is 38.7 Å². The van der Waals surface area contributed by atoms with Gasteiger partial charge < -0.3 is 9.84 Å². The van der Waals surface area contributed by atoms with Gasteiger partial charge in [-0.3, -0.25) is 4.79 Å². The second kappa shape index (κ2) is 4.45. The van der Waals surface area contributed by atoms with Gasteiger partial charge >= 0.3 is 12.1 Å². The molecule has 3 nitrogen and oxygen atoms in total. The van der Waals surface area contributed by atoms with Crippen LogP contribution in [0, 0.1) is 0 Å². The highest BCUT2D eigenvalue weighted by Gasteiger charge is 2.39. The summed E-state index contributed by atoms with van der Waals surface area (Å²) in [6.45, 7) is 3.02. The standard InChI is InChI=1S/C7H11F3O3/c1-4(2)13-6(12)3-5(11)7(8,9)10/h4-5,11H,3H2,1-2H3/t5-/m1/s1. The van der Waals surface area contributed by atoms with Crippen molar-refractivity contribution in [1.82, 2.24) is 0 Å². The third-order valence-corrected chi connectivity index (χ3v) is 1.11. The van der Waals surface area contributed by atoms with Crippen LogP contribution in [0.2, 0.25) is 0 Å². The molecule has 13 heavy (non-hydrogen) atoms. The Hall–Kier alpha value is -0.780. The average molecular weight is 200 g/mol. The van der Waals surface area contributed by atoms with E-state index in [0.717, 1.165) is 0 Å². The van der Waals surface area contributed by atoms with Crippen molar-refractivity contribution >= 4 is 5.97 Å². The first-order valence-electron chi connectivity index (χ1n) is 3.67. The number of carbonyl (C=O) groups is 1. The lowest BCUT2D eigenvalue weighted by Gasteiger charge is -2.14. The van der Waals surface area contributed by atoms with Gasteiger partial charge in [-0.2, -0.15) is 13.2 Å². The molecular weight excluding hydrogens is 189 g/mol. The predicted molar refractivity (Wildman–Crippen MR) is 37.9 cm³/mol. The fourth-order valence-corrected chi connectivity index (χ4v) is 0.585. The van der Waals surface area contributed by atoms with Crippen LogP contribution in [0.25, 0.3) is 0 Å². The van der Waals surface area contributed by atoms with E-state index >= 15 is 0 Å². The van der Waals surface area contributed by atoms with Crippen LogP contribution in [-0.4, -0.2) is 29.5 Å². The topological polar surface area (TPSA) is 46.5 Å². The average Bonchev–Trinajstić information content (AvgIpc) is 1.82. The van der Waals surface area contributed by atoms with Gasteiger partial charge in [0.25, 0.3) is 0 Å². The molecule has 0 aromatic rings. The van der Waals surface area contributed by atoms with E-state index in [1.165, 1.54) is 13.8 Å². The Morgan fingerprint density at radius 1 is 1.46 bits per heavy atom. The second-order valence-corrected chi connectivity index (χ2v) is 2.80. The molecule has 0 radical (unpaired) electrons. The third kappa shape index (κ3) is 5.46. The number of alkyl halides is 3. The van der Waals surface area contributed by atoms with E-state index < -0.39 is 30.8 Å². The highest BCUT2D eigenvalue weighted by molar-refractivity contribution is 5.70. The molecule has 0 aliphatic rings. The molecule has 0 spiro atoms. The van der Waals surface area contributed by atoms with Crippen LogP contribution in [0.1, 0.15) is 20.3 Å². The van der Waals surface area contributed by atoms with Gasteiger partial charge in [-0.05, 0) is 13.8 Å². The summed E-state index contributed by atoms with van der Waals surface area (Å²) in [7, 11) is 0. The smallest absolute Gasteiger partial charge is 0.414 e. The van der Waals surface area contributed by atoms with Crippen LogP contribution >= 0.6 is 0 Å². The number of hydrogen-bond acceptors (Lipinski definition) is 3. The van der Waals surface area contributed by atoms with E-state index in [9.17, 15) is 18.0 Å². The highest BCUT2D eigenvalue weighted by atomic mass is 19.4. The first-order chi connectivity index (χ1) is 5.73. The van der Waals surface area contributed by atoms with Gasteiger partial charge in [0.2, 0.25) is 0 Å². The fraction of sp³-hybridized carbons (Fsp3) is 0.857. The number of aliphatic hydroxyl groups is 1. The Bertz CT molecular complexity index is 176. The van der Waals surface area contributed by atoms with Gasteiger partial charge in [0.1, 0.15) is 0 Å². The van der Waals surface area contributed by atoms with Crippen molar-refractivity contribution in [2.24, 2.45) is 0 Å². The van der Waals surface area contributed by atoms with E-state index in [1.807, 2.05) is 0 Å². The molecule has 0 saturated heterocycles. The summed E-state index contributed by atoms with van der Waals surface area (Å²) >= 11 is 0. The molecule has 1 N–H and O–H groups in total. The maximum atomic E-state index is 11.7. The lowest BCUT2D eigenvalue weighted by Crippen LogP contribution is -2.32. The van der Waals surface area contributed by atoms with Crippen LogP contribution < -0.4 is 0 Å². The SMILES string of the molecule is CC(C)OC(=O)C[C@@H](O)C(F)(F)F. The number of hydrogen-bond donors (Lipinski definition) is 1. The first kappa shape index (κ1) is 12.2. The number of rotatable bonds is 3. The molecule has 0 aliphatic carbocycles. The molecule has 1 atom stereocenters. The molecule has 78 valence electrons. The molecule has 0 aliphatic heterocycles. The zero-order valence-electron chi connectivity index (χ0n) is 7.26. The van der Waals surface area contributed by atoms with Crippen LogP contribution in [0.15, 0.2) is 0 Å². The largest absolute Gasteiger partial charge is 0.463 e. The van der Waals surface area contributed by atoms with Gasteiger partial charge in [0.05, 0.1) is 12.5 Å². The van der Waals surface area contributed by atoms with E-state index in [1.54, 1.807) is 0 Å². The molecule has 0 aromatic carbocycles. The molecule has 0 heterocycles. The summed E-state index contributed by atoms with van der Waals surface area (Å²) in [4.78, 5) is 10.6. The minimum atomic E-state index is -4.77. The Morgan fingerprint density at radius 2 is 1.92 bits per heavy atom. The summed E-state index contributed by atoms with van der Waals surface area (Å²) in [5.74, 6) is -1.06. The molecule has 0 aromatic heterocycles. The molecule has 0 unspecified atom stereocenters. The minimum absolute atomic E-state index is 0.479. The quantitative estimate of drug-likeness (QED) is 0.697. The van der Waals surface area contributed by atoms with E-state index in [2.05, 4.69) is 4.74 Å². The second-order valence-electron chi connectivity index (χ2n) is 2.80. The number of ether oxygens (including phenoxy) is 1. The van der Waals surface area contributed by atoms with Crippen molar-refractivity contribution in [2.75, 3.05) is 0 Å². The molecule has 0 bridgehead atoms. The Kier molecular flexibility index (Phi) is 4.19. The molecule has 0 amide bonds. The van der Waals surface area contributed by atoms with Crippen molar-refractivity contribution in [1.29, 1.82) is 0 Å². The molecule has 0 rings (SSSR count). The van der Waals surface area contributed by atoms with Gasteiger partial charge in [0.15, 0.2) is 6.10 Å². The van der Waals surface area contributed by atoms with Crippen molar-refractivity contribution in [3.63, 3.8) is 0 Å². The Morgan fingerprint density at radius 3 is 2.23 bits per heavy atom. The number of esters is 1. The van der Waals surface area contributed by atoms with E-state index in [0.29, 0.717) is 0 Å². The van der Waals surface area contributed by atoms with Gasteiger partial charge in [-0.25, -0.2) is 0 Å². The third-order valence-electron chi connectivity index (χ3n) is 1.11. The molecule has 6 heteroatoms.